The summed E-state index contributed by atoms with van der Waals surface area (Å²) < 4.78 is 17.3. The van der Waals surface area contributed by atoms with Crippen molar-refractivity contribution in [1.29, 1.82) is 0 Å². The predicted octanol–water partition coefficient (Wildman–Crippen LogP) is 4.75. The minimum atomic E-state index is -0.224. The maximum absolute atomic E-state index is 12.6. The number of benzene rings is 2. The highest BCUT2D eigenvalue weighted by atomic mass is 79.9. The number of carbonyl (C=O) groups excluding carboxylic acids is 1. The van der Waals surface area contributed by atoms with E-state index >= 15 is 0 Å². The van der Waals surface area contributed by atoms with Crippen LogP contribution in [-0.2, 0) is 0 Å². The highest BCUT2D eigenvalue weighted by molar-refractivity contribution is 9.10. The van der Waals surface area contributed by atoms with Gasteiger partial charge in [-0.25, -0.2) is 0 Å². The van der Waals surface area contributed by atoms with Gasteiger partial charge in [0.15, 0.2) is 11.5 Å². The van der Waals surface area contributed by atoms with Crippen LogP contribution in [0.25, 0.3) is 0 Å². The average Bonchev–Trinajstić information content (AvgIpc) is 2.64. The van der Waals surface area contributed by atoms with Gasteiger partial charge in [0.2, 0.25) is 0 Å². The predicted molar refractivity (Wildman–Crippen MR) is 105 cm³/mol. The molecule has 1 N–H and O–H groups in total. The van der Waals surface area contributed by atoms with Crippen molar-refractivity contribution >= 4 is 21.8 Å². The molecule has 0 radical (unpaired) electrons. The van der Waals surface area contributed by atoms with Crippen LogP contribution in [-0.4, -0.2) is 26.2 Å². The van der Waals surface area contributed by atoms with Gasteiger partial charge in [-0.1, -0.05) is 22.0 Å². The minimum absolute atomic E-state index is 0.171. The molecule has 140 valence electrons. The third kappa shape index (κ3) is 4.91. The lowest BCUT2D eigenvalue weighted by atomic mass is 10.1. The molecule has 2 aromatic rings. The van der Waals surface area contributed by atoms with Gasteiger partial charge in [-0.2, -0.15) is 0 Å². The van der Waals surface area contributed by atoms with Gasteiger partial charge < -0.3 is 19.5 Å². The Labute approximate surface area is 162 Å². The summed E-state index contributed by atoms with van der Waals surface area (Å²) in [5, 5.41) is 3.00. The van der Waals surface area contributed by atoms with Gasteiger partial charge >= 0.3 is 0 Å². The van der Waals surface area contributed by atoms with E-state index in [0.29, 0.717) is 36.0 Å². The van der Waals surface area contributed by atoms with Crippen molar-refractivity contribution in [2.75, 3.05) is 20.3 Å². The van der Waals surface area contributed by atoms with E-state index in [-0.39, 0.29) is 11.9 Å². The number of methoxy groups -OCH3 is 1. The summed E-state index contributed by atoms with van der Waals surface area (Å²) in [6.45, 7) is 6.86. The van der Waals surface area contributed by atoms with Crippen molar-refractivity contribution in [2.24, 2.45) is 0 Å². The topological polar surface area (TPSA) is 56.8 Å². The lowest BCUT2D eigenvalue weighted by Gasteiger charge is -2.19. The number of carbonyl (C=O) groups is 1. The van der Waals surface area contributed by atoms with Gasteiger partial charge in [0.05, 0.1) is 26.4 Å². The van der Waals surface area contributed by atoms with E-state index < -0.39 is 0 Å². The minimum Gasteiger partial charge on any atom is -0.497 e. The van der Waals surface area contributed by atoms with Crippen LogP contribution in [0.1, 0.15) is 42.7 Å². The normalized spacial score (nSPS) is 11.6. The molecule has 0 aliphatic rings. The Balaban J connectivity index is 2.23. The zero-order chi connectivity index (χ0) is 19.1. The molecular formula is C20H24BrNO4. The van der Waals surface area contributed by atoms with Crippen molar-refractivity contribution in [3.63, 3.8) is 0 Å². The molecule has 0 unspecified atom stereocenters. The molecule has 2 aromatic carbocycles. The first-order valence-electron chi connectivity index (χ1n) is 8.54. The van der Waals surface area contributed by atoms with E-state index in [0.717, 1.165) is 10.0 Å². The highest BCUT2D eigenvalue weighted by Gasteiger charge is 2.18. The molecule has 1 amide bonds. The molecule has 0 saturated carbocycles. The first kappa shape index (κ1) is 20.1. The molecule has 0 aliphatic heterocycles. The summed E-state index contributed by atoms with van der Waals surface area (Å²) in [7, 11) is 1.58. The summed E-state index contributed by atoms with van der Waals surface area (Å²) in [6.07, 6.45) is 0. The molecule has 0 fully saturated rings. The van der Waals surface area contributed by atoms with Gasteiger partial charge in [-0.15, -0.1) is 0 Å². The van der Waals surface area contributed by atoms with Gasteiger partial charge in [0.25, 0.3) is 5.91 Å². The summed E-state index contributed by atoms with van der Waals surface area (Å²) in [4.78, 5) is 12.6. The smallest absolute Gasteiger partial charge is 0.251 e. The van der Waals surface area contributed by atoms with Crippen LogP contribution in [0.5, 0.6) is 17.2 Å². The summed E-state index contributed by atoms with van der Waals surface area (Å²) >= 11 is 3.57. The van der Waals surface area contributed by atoms with E-state index in [1.54, 1.807) is 31.4 Å². The van der Waals surface area contributed by atoms with Crippen molar-refractivity contribution < 1.29 is 19.0 Å². The Bertz CT molecular complexity index is 763. The second kappa shape index (κ2) is 9.48. The number of nitrogens with one attached hydrogen (secondary N) is 1. The molecule has 0 aromatic heterocycles. The largest absolute Gasteiger partial charge is 0.497 e. The number of rotatable bonds is 8. The van der Waals surface area contributed by atoms with E-state index in [1.807, 2.05) is 32.9 Å². The molecule has 5 nitrogen and oxygen atoms in total. The second-order valence-corrected chi connectivity index (χ2v) is 6.47. The summed E-state index contributed by atoms with van der Waals surface area (Å²) in [5.74, 6) is 1.81. The lowest BCUT2D eigenvalue weighted by Crippen LogP contribution is -2.27. The number of halogens is 1. The van der Waals surface area contributed by atoms with E-state index in [9.17, 15) is 4.79 Å². The molecule has 0 bridgehead atoms. The third-order valence-corrected chi connectivity index (χ3v) is 4.50. The van der Waals surface area contributed by atoms with Crippen LogP contribution in [0.15, 0.2) is 40.9 Å². The SMILES string of the molecule is CCOc1cc(Br)c([C@@H](C)NC(=O)c2cccc(OC)c2)cc1OCC. The molecule has 0 heterocycles. The van der Waals surface area contributed by atoms with Gasteiger partial charge in [0.1, 0.15) is 5.75 Å². The fourth-order valence-electron chi connectivity index (χ4n) is 2.54. The Morgan fingerprint density at radius 3 is 2.38 bits per heavy atom. The third-order valence-electron chi connectivity index (χ3n) is 3.81. The van der Waals surface area contributed by atoms with Crippen molar-refractivity contribution in [3.8, 4) is 17.2 Å². The van der Waals surface area contributed by atoms with E-state index in [4.69, 9.17) is 14.2 Å². The highest BCUT2D eigenvalue weighted by Crippen LogP contribution is 2.36. The lowest BCUT2D eigenvalue weighted by molar-refractivity contribution is 0.0939. The van der Waals surface area contributed by atoms with E-state index in [2.05, 4.69) is 21.2 Å². The molecule has 26 heavy (non-hydrogen) atoms. The van der Waals surface area contributed by atoms with E-state index in [1.165, 1.54) is 0 Å². The van der Waals surface area contributed by atoms with Gasteiger partial charge in [-0.3, -0.25) is 4.79 Å². The Kier molecular flexibility index (Phi) is 7.33. The quantitative estimate of drug-likeness (QED) is 0.668. The molecule has 2 rings (SSSR count). The number of hydrogen-bond acceptors (Lipinski definition) is 4. The van der Waals surface area contributed by atoms with Crippen LogP contribution in [0, 0.1) is 0 Å². The Morgan fingerprint density at radius 1 is 1.12 bits per heavy atom. The molecular weight excluding hydrogens is 398 g/mol. The standard InChI is InChI=1S/C20H24BrNO4/c1-5-25-18-11-16(17(21)12-19(18)26-6-2)13(3)22-20(23)14-8-7-9-15(10-14)24-4/h7-13H,5-6H2,1-4H3,(H,22,23)/t13-/m1/s1. The zero-order valence-electron chi connectivity index (χ0n) is 15.5. The first-order valence-corrected chi connectivity index (χ1v) is 9.33. The second-order valence-electron chi connectivity index (χ2n) is 5.61. The first-order chi connectivity index (χ1) is 12.5. The van der Waals surface area contributed by atoms with Crippen LogP contribution in [0.3, 0.4) is 0 Å². The maximum atomic E-state index is 12.6. The fourth-order valence-corrected chi connectivity index (χ4v) is 3.21. The number of amides is 1. The van der Waals surface area contributed by atoms with Crippen LogP contribution < -0.4 is 19.5 Å². The molecule has 0 spiro atoms. The van der Waals surface area contributed by atoms with Crippen LogP contribution in [0.2, 0.25) is 0 Å². The van der Waals surface area contributed by atoms with Crippen LogP contribution in [0.4, 0.5) is 0 Å². The van der Waals surface area contributed by atoms with Crippen molar-refractivity contribution in [1.82, 2.24) is 5.32 Å². The fraction of sp³-hybridized carbons (Fsp3) is 0.350. The number of hydrogen-bond donors (Lipinski definition) is 1. The molecule has 0 aliphatic carbocycles. The number of ether oxygens (including phenoxy) is 3. The molecule has 0 saturated heterocycles. The summed E-state index contributed by atoms with van der Waals surface area (Å²) in [6, 6.07) is 10.6. The summed E-state index contributed by atoms with van der Waals surface area (Å²) in [5.41, 5.74) is 1.46. The van der Waals surface area contributed by atoms with Gasteiger partial charge in [-0.05, 0) is 56.7 Å². The maximum Gasteiger partial charge on any atom is 0.251 e. The Hall–Kier alpha value is -2.21. The van der Waals surface area contributed by atoms with Crippen LogP contribution >= 0.6 is 15.9 Å². The van der Waals surface area contributed by atoms with Gasteiger partial charge in [0, 0.05) is 10.0 Å². The zero-order valence-corrected chi connectivity index (χ0v) is 17.1. The molecule has 6 heteroatoms. The monoisotopic (exact) mass is 421 g/mol. The van der Waals surface area contributed by atoms with Crippen molar-refractivity contribution in [2.45, 2.75) is 26.8 Å². The average molecular weight is 422 g/mol. The van der Waals surface area contributed by atoms with Crippen molar-refractivity contribution in [3.05, 3.63) is 52.0 Å². The Morgan fingerprint density at radius 2 is 1.77 bits per heavy atom. The molecule has 1 atom stereocenters.